The van der Waals surface area contributed by atoms with Gasteiger partial charge in [-0.3, -0.25) is 5.01 Å². The molecule has 0 spiro atoms. The first-order chi connectivity index (χ1) is 7.08. The molecule has 1 aromatic carbocycles. The fraction of sp³-hybridized carbons (Fsp3) is 0.300. The third-order valence-corrected chi connectivity index (χ3v) is 2.31. The van der Waals surface area contributed by atoms with Crippen molar-refractivity contribution in [2.24, 2.45) is 10.8 Å². The summed E-state index contributed by atoms with van der Waals surface area (Å²) in [6.45, 7) is 1.88. The molecule has 0 aliphatic carbocycles. The lowest BCUT2D eigenvalue weighted by molar-refractivity contribution is 0.574. The number of rotatable bonds is 1. The zero-order chi connectivity index (χ0) is 11.0. The number of anilines is 1. The van der Waals surface area contributed by atoms with E-state index < -0.39 is 11.6 Å². The molecular formula is C10H11F2N3. The van der Waals surface area contributed by atoms with Gasteiger partial charge in [0.25, 0.3) is 0 Å². The number of benzene rings is 1. The molecule has 0 saturated heterocycles. The highest BCUT2D eigenvalue weighted by atomic mass is 19.1. The molecule has 1 aliphatic rings. The van der Waals surface area contributed by atoms with Crippen LogP contribution >= 0.6 is 0 Å². The van der Waals surface area contributed by atoms with E-state index in [1.54, 1.807) is 0 Å². The summed E-state index contributed by atoms with van der Waals surface area (Å²) in [6.07, 6.45) is 0.594. The number of halogens is 2. The summed E-state index contributed by atoms with van der Waals surface area (Å²) in [5, 5.41) is 5.47. The highest BCUT2D eigenvalue weighted by molar-refractivity contribution is 5.84. The first kappa shape index (κ1) is 9.89. The van der Waals surface area contributed by atoms with E-state index in [1.165, 1.54) is 17.1 Å². The molecule has 2 rings (SSSR count). The minimum absolute atomic E-state index is 0.00459. The van der Waals surface area contributed by atoms with Crippen LogP contribution in [0.4, 0.5) is 14.5 Å². The zero-order valence-electron chi connectivity index (χ0n) is 8.24. The first-order valence-corrected chi connectivity index (χ1v) is 4.65. The molecule has 1 aromatic rings. The standard InChI is InChI=1S/C10H11F2N3/c1-6-4-10(13)14-15(6)9-3-2-7(11)5-8(9)12/h2-3,5-6H,4H2,1H3,(H2,13,14). The predicted molar refractivity (Wildman–Crippen MR) is 54.5 cm³/mol. The van der Waals surface area contributed by atoms with E-state index in [2.05, 4.69) is 5.10 Å². The molecule has 3 nitrogen and oxygen atoms in total. The van der Waals surface area contributed by atoms with Crippen LogP contribution in [0.15, 0.2) is 23.3 Å². The Morgan fingerprint density at radius 2 is 2.20 bits per heavy atom. The van der Waals surface area contributed by atoms with Crippen LogP contribution in [0.5, 0.6) is 0 Å². The zero-order valence-corrected chi connectivity index (χ0v) is 8.24. The van der Waals surface area contributed by atoms with Crippen molar-refractivity contribution in [2.45, 2.75) is 19.4 Å². The van der Waals surface area contributed by atoms with E-state index in [0.717, 1.165) is 6.07 Å². The molecule has 1 unspecified atom stereocenters. The summed E-state index contributed by atoms with van der Waals surface area (Å²) >= 11 is 0. The van der Waals surface area contributed by atoms with Crippen molar-refractivity contribution in [1.29, 1.82) is 0 Å². The molecule has 0 amide bonds. The second kappa shape index (κ2) is 3.49. The van der Waals surface area contributed by atoms with Crippen molar-refractivity contribution < 1.29 is 8.78 Å². The van der Waals surface area contributed by atoms with Crippen molar-refractivity contribution in [3.05, 3.63) is 29.8 Å². The number of hydrazone groups is 1. The molecule has 0 bridgehead atoms. The molecule has 15 heavy (non-hydrogen) atoms. The minimum atomic E-state index is -0.625. The summed E-state index contributed by atoms with van der Waals surface area (Å²) < 4.78 is 26.1. The summed E-state index contributed by atoms with van der Waals surface area (Å²) in [5.74, 6) is -0.758. The van der Waals surface area contributed by atoms with Crippen molar-refractivity contribution in [3.63, 3.8) is 0 Å². The maximum atomic E-state index is 13.4. The van der Waals surface area contributed by atoms with Gasteiger partial charge in [0.15, 0.2) is 5.82 Å². The Balaban J connectivity index is 2.38. The van der Waals surface area contributed by atoms with Crippen LogP contribution in [0.3, 0.4) is 0 Å². The third-order valence-electron chi connectivity index (χ3n) is 2.31. The lowest BCUT2D eigenvalue weighted by atomic mass is 10.2. The van der Waals surface area contributed by atoms with Crippen molar-refractivity contribution >= 4 is 11.5 Å². The predicted octanol–water partition coefficient (Wildman–Crippen LogP) is 1.84. The molecular weight excluding hydrogens is 200 g/mol. The molecule has 0 fully saturated rings. The molecule has 0 radical (unpaired) electrons. The van der Waals surface area contributed by atoms with Crippen molar-refractivity contribution in [2.75, 3.05) is 5.01 Å². The van der Waals surface area contributed by atoms with Gasteiger partial charge in [0.05, 0.1) is 11.7 Å². The monoisotopic (exact) mass is 211 g/mol. The summed E-state index contributed by atoms with van der Waals surface area (Å²) in [7, 11) is 0. The SMILES string of the molecule is CC1CC(N)=NN1c1ccc(F)cc1F. The van der Waals surface area contributed by atoms with E-state index in [9.17, 15) is 8.78 Å². The number of hydrogen-bond acceptors (Lipinski definition) is 3. The normalized spacial score (nSPS) is 20.6. The molecule has 1 aliphatic heterocycles. The van der Waals surface area contributed by atoms with Gasteiger partial charge in [-0.1, -0.05) is 0 Å². The molecule has 1 atom stereocenters. The van der Waals surface area contributed by atoms with Gasteiger partial charge in [0, 0.05) is 12.5 Å². The molecule has 2 N–H and O–H groups in total. The molecule has 0 saturated carbocycles. The largest absolute Gasteiger partial charge is 0.386 e. The average molecular weight is 211 g/mol. The lowest BCUT2D eigenvalue weighted by Gasteiger charge is -2.20. The Hall–Kier alpha value is -1.65. The fourth-order valence-corrected chi connectivity index (χ4v) is 1.63. The van der Waals surface area contributed by atoms with Gasteiger partial charge in [0.2, 0.25) is 0 Å². The second-order valence-electron chi connectivity index (χ2n) is 3.58. The van der Waals surface area contributed by atoms with Crippen LogP contribution in [-0.4, -0.2) is 11.9 Å². The van der Waals surface area contributed by atoms with E-state index >= 15 is 0 Å². The Morgan fingerprint density at radius 1 is 1.47 bits per heavy atom. The van der Waals surface area contributed by atoms with Gasteiger partial charge in [-0.15, -0.1) is 0 Å². The fourth-order valence-electron chi connectivity index (χ4n) is 1.63. The van der Waals surface area contributed by atoms with Crippen LogP contribution < -0.4 is 10.7 Å². The van der Waals surface area contributed by atoms with Crippen LogP contribution in [0.1, 0.15) is 13.3 Å². The van der Waals surface area contributed by atoms with E-state index in [4.69, 9.17) is 5.73 Å². The topological polar surface area (TPSA) is 41.6 Å². The van der Waals surface area contributed by atoms with Crippen LogP contribution in [0, 0.1) is 11.6 Å². The van der Waals surface area contributed by atoms with Gasteiger partial charge < -0.3 is 5.73 Å². The second-order valence-corrected chi connectivity index (χ2v) is 3.58. The Morgan fingerprint density at radius 3 is 2.73 bits per heavy atom. The van der Waals surface area contributed by atoms with Crippen LogP contribution in [-0.2, 0) is 0 Å². The Bertz CT molecular complexity index is 417. The van der Waals surface area contributed by atoms with Gasteiger partial charge in [0.1, 0.15) is 11.7 Å². The van der Waals surface area contributed by atoms with E-state index in [-0.39, 0.29) is 11.7 Å². The highest BCUT2D eigenvalue weighted by Gasteiger charge is 2.24. The summed E-state index contributed by atoms with van der Waals surface area (Å²) in [4.78, 5) is 0. The highest BCUT2D eigenvalue weighted by Crippen LogP contribution is 2.26. The van der Waals surface area contributed by atoms with Gasteiger partial charge >= 0.3 is 0 Å². The first-order valence-electron chi connectivity index (χ1n) is 4.65. The lowest BCUT2D eigenvalue weighted by Crippen LogP contribution is -2.23. The minimum Gasteiger partial charge on any atom is -0.386 e. The maximum absolute atomic E-state index is 13.4. The Kier molecular flexibility index (Phi) is 2.30. The third kappa shape index (κ3) is 1.77. The number of nitrogens with zero attached hydrogens (tertiary/aromatic N) is 2. The van der Waals surface area contributed by atoms with Gasteiger partial charge in [-0.05, 0) is 19.1 Å². The number of amidine groups is 1. The summed E-state index contributed by atoms with van der Waals surface area (Å²) in [6, 6.07) is 3.41. The van der Waals surface area contributed by atoms with Gasteiger partial charge in [-0.2, -0.15) is 5.10 Å². The quantitative estimate of drug-likeness (QED) is 0.770. The molecule has 0 aromatic heterocycles. The molecule has 5 heteroatoms. The maximum Gasteiger partial charge on any atom is 0.151 e. The molecule has 80 valence electrons. The van der Waals surface area contributed by atoms with Crippen molar-refractivity contribution in [3.8, 4) is 0 Å². The molecule has 1 heterocycles. The van der Waals surface area contributed by atoms with E-state index in [1.807, 2.05) is 6.92 Å². The van der Waals surface area contributed by atoms with Gasteiger partial charge in [-0.25, -0.2) is 8.78 Å². The van der Waals surface area contributed by atoms with Crippen molar-refractivity contribution in [1.82, 2.24) is 0 Å². The average Bonchev–Trinajstić information content (AvgIpc) is 2.45. The van der Waals surface area contributed by atoms with Crippen LogP contribution in [0.2, 0.25) is 0 Å². The smallest absolute Gasteiger partial charge is 0.151 e. The van der Waals surface area contributed by atoms with E-state index in [0.29, 0.717) is 12.3 Å². The van der Waals surface area contributed by atoms with Crippen LogP contribution in [0.25, 0.3) is 0 Å². The summed E-state index contributed by atoms with van der Waals surface area (Å²) in [5.41, 5.74) is 5.80. The number of nitrogens with two attached hydrogens (primary N) is 1. The Labute approximate surface area is 86.2 Å². The number of hydrogen-bond donors (Lipinski definition) is 1.